The highest BCUT2D eigenvalue weighted by Crippen LogP contribution is 2.29. The summed E-state index contributed by atoms with van der Waals surface area (Å²) >= 11 is 0. The molecule has 0 saturated carbocycles. The molecule has 6 nitrogen and oxygen atoms in total. The SMILES string of the molecule is Cc1c(C(C)NC(=O)c2ccn(C3CCCNC3)n2)oc2ccccc12. The molecule has 0 aliphatic carbocycles. The Bertz CT molecular complexity index is 921. The number of nitrogens with zero attached hydrogens (tertiary/aromatic N) is 2. The van der Waals surface area contributed by atoms with E-state index in [1.165, 1.54) is 0 Å². The van der Waals surface area contributed by atoms with Gasteiger partial charge in [0.15, 0.2) is 0 Å². The predicted molar refractivity (Wildman–Crippen MR) is 100 cm³/mol. The van der Waals surface area contributed by atoms with Crippen LogP contribution in [-0.4, -0.2) is 28.8 Å². The van der Waals surface area contributed by atoms with Crippen LogP contribution in [0.5, 0.6) is 0 Å². The molecule has 1 aromatic carbocycles. The molecule has 0 bridgehead atoms. The Morgan fingerprint density at radius 1 is 1.38 bits per heavy atom. The molecule has 1 amide bonds. The average Bonchev–Trinajstić information content (AvgIpc) is 3.28. The summed E-state index contributed by atoms with van der Waals surface area (Å²) in [6, 6.07) is 9.79. The summed E-state index contributed by atoms with van der Waals surface area (Å²) in [6.45, 7) is 5.91. The molecule has 1 fully saturated rings. The maximum atomic E-state index is 12.6. The lowest BCUT2D eigenvalue weighted by atomic mass is 10.1. The fourth-order valence-electron chi connectivity index (χ4n) is 3.66. The molecule has 2 unspecified atom stereocenters. The van der Waals surface area contributed by atoms with Crippen molar-refractivity contribution in [3.8, 4) is 0 Å². The first-order chi connectivity index (χ1) is 12.6. The van der Waals surface area contributed by atoms with Gasteiger partial charge in [-0.2, -0.15) is 5.10 Å². The Kier molecular flexibility index (Phi) is 4.51. The third-order valence-electron chi connectivity index (χ3n) is 5.11. The lowest BCUT2D eigenvalue weighted by molar-refractivity contribution is 0.0929. The van der Waals surface area contributed by atoms with Crippen molar-refractivity contribution in [3.05, 3.63) is 53.5 Å². The zero-order valence-electron chi connectivity index (χ0n) is 15.2. The van der Waals surface area contributed by atoms with Crippen LogP contribution in [0, 0.1) is 6.92 Å². The molecule has 2 aromatic heterocycles. The minimum atomic E-state index is -0.226. The maximum Gasteiger partial charge on any atom is 0.272 e. The van der Waals surface area contributed by atoms with Gasteiger partial charge in [0.2, 0.25) is 0 Å². The maximum absolute atomic E-state index is 12.6. The fourth-order valence-corrected chi connectivity index (χ4v) is 3.66. The van der Waals surface area contributed by atoms with Crippen LogP contribution in [0.1, 0.15) is 53.7 Å². The van der Waals surface area contributed by atoms with Gasteiger partial charge in [0, 0.05) is 23.7 Å². The molecule has 1 aliphatic rings. The molecule has 26 heavy (non-hydrogen) atoms. The Morgan fingerprint density at radius 3 is 3.00 bits per heavy atom. The van der Waals surface area contributed by atoms with Crippen LogP contribution < -0.4 is 10.6 Å². The summed E-state index contributed by atoms with van der Waals surface area (Å²) < 4.78 is 7.85. The molecular weight excluding hydrogens is 328 g/mol. The zero-order chi connectivity index (χ0) is 18.1. The lowest BCUT2D eigenvalue weighted by Gasteiger charge is -2.22. The first kappa shape index (κ1) is 16.8. The van der Waals surface area contributed by atoms with Crippen LogP contribution in [0.15, 0.2) is 40.9 Å². The van der Waals surface area contributed by atoms with Crippen molar-refractivity contribution in [2.45, 2.75) is 38.8 Å². The van der Waals surface area contributed by atoms with Gasteiger partial charge in [-0.1, -0.05) is 18.2 Å². The van der Waals surface area contributed by atoms with E-state index in [0.29, 0.717) is 11.7 Å². The van der Waals surface area contributed by atoms with E-state index in [9.17, 15) is 4.79 Å². The van der Waals surface area contributed by atoms with Crippen LogP contribution in [0.2, 0.25) is 0 Å². The summed E-state index contributed by atoms with van der Waals surface area (Å²) in [5.41, 5.74) is 2.35. The number of nitrogens with one attached hydrogen (secondary N) is 2. The highest BCUT2D eigenvalue weighted by Gasteiger charge is 2.21. The van der Waals surface area contributed by atoms with Crippen molar-refractivity contribution < 1.29 is 9.21 Å². The Morgan fingerprint density at radius 2 is 2.23 bits per heavy atom. The van der Waals surface area contributed by atoms with Crippen LogP contribution in [0.4, 0.5) is 0 Å². The van der Waals surface area contributed by atoms with Gasteiger partial charge in [0.25, 0.3) is 5.91 Å². The predicted octanol–water partition coefficient (Wildman–Crippen LogP) is 3.35. The van der Waals surface area contributed by atoms with Gasteiger partial charge >= 0.3 is 0 Å². The van der Waals surface area contributed by atoms with Crippen LogP contribution in [0.25, 0.3) is 11.0 Å². The Balaban J connectivity index is 1.48. The molecule has 6 heteroatoms. The van der Waals surface area contributed by atoms with Crippen molar-refractivity contribution >= 4 is 16.9 Å². The van der Waals surface area contributed by atoms with E-state index < -0.39 is 0 Å². The van der Waals surface area contributed by atoms with Crippen molar-refractivity contribution in [1.29, 1.82) is 0 Å². The largest absolute Gasteiger partial charge is 0.459 e. The second-order valence-electron chi connectivity index (χ2n) is 6.96. The van der Waals surface area contributed by atoms with E-state index in [-0.39, 0.29) is 11.9 Å². The molecule has 4 rings (SSSR count). The van der Waals surface area contributed by atoms with Gasteiger partial charge in [-0.3, -0.25) is 9.48 Å². The normalized spacial score (nSPS) is 18.8. The Labute approximate surface area is 152 Å². The van der Waals surface area contributed by atoms with Crippen molar-refractivity contribution in [3.63, 3.8) is 0 Å². The molecule has 0 radical (unpaired) electrons. The molecule has 2 atom stereocenters. The molecule has 2 N–H and O–H groups in total. The third-order valence-corrected chi connectivity index (χ3v) is 5.11. The second-order valence-corrected chi connectivity index (χ2v) is 6.96. The first-order valence-corrected chi connectivity index (χ1v) is 9.18. The summed E-state index contributed by atoms with van der Waals surface area (Å²) in [4.78, 5) is 12.6. The van der Waals surface area contributed by atoms with E-state index >= 15 is 0 Å². The summed E-state index contributed by atoms with van der Waals surface area (Å²) in [5, 5.41) is 11.9. The van der Waals surface area contributed by atoms with Gasteiger partial charge < -0.3 is 15.1 Å². The molecule has 3 aromatic rings. The minimum absolute atomic E-state index is 0.181. The number of carbonyl (C=O) groups is 1. The zero-order valence-corrected chi connectivity index (χ0v) is 15.2. The molecular formula is C20H24N4O2. The number of furan rings is 1. The number of benzene rings is 1. The molecule has 1 aliphatic heterocycles. The summed E-state index contributed by atoms with van der Waals surface area (Å²) in [7, 11) is 0. The number of fused-ring (bicyclic) bond motifs is 1. The van der Waals surface area contributed by atoms with E-state index in [2.05, 4.69) is 15.7 Å². The number of amides is 1. The lowest BCUT2D eigenvalue weighted by Crippen LogP contribution is -2.32. The topological polar surface area (TPSA) is 72.1 Å². The van der Waals surface area contributed by atoms with Crippen molar-refractivity contribution in [1.82, 2.24) is 20.4 Å². The first-order valence-electron chi connectivity index (χ1n) is 9.18. The second kappa shape index (κ2) is 6.96. The van der Waals surface area contributed by atoms with Gasteiger partial charge in [-0.25, -0.2) is 0 Å². The van der Waals surface area contributed by atoms with E-state index in [0.717, 1.165) is 48.2 Å². The van der Waals surface area contributed by atoms with Gasteiger partial charge in [0.05, 0.1) is 12.1 Å². The quantitative estimate of drug-likeness (QED) is 0.755. The number of hydrogen-bond donors (Lipinski definition) is 2. The number of para-hydroxylation sites is 1. The highest BCUT2D eigenvalue weighted by atomic mass is 16.3. The number of aromatic nitrogens is 2. The Hall–Kier alpha value is -2.60. The van der Waals surface area contributed by atoms with Crippen LogP contribution in [0.3, 0.4) is 0 Å². The van der Waals surface area contributed by atoms with Gasteiger partial charge in [0.1, 0.15) is 17.0 Å². The molecule has 0 spiro atoms. The summed E-state index contributed by atoms with van der Waals surface area (Å²) in [6.07, 6.45) is 4.11. The number of piperidine rings is 1. The minimum Gasteiger partial charge on any atom is -0.459 e. The summed E-state index contributed by atoms with van der Waals surface area (Å²) in [5.74, 6) is 0.607. The molecule has 1 saturated heterocycles. The van der Waals surface area contributed by atoms with E-state index in [4.69, 9.17) is 4.42 Å². The average molecular weight is 352 g/mol. The third kappa shape index (κ3) is 3.12. The number of aryl methyl sites for hydroxylation is 1. The van der Waals surface area contributed by atoms with E-state index in [1.807, 2.05) is 49.0 Å². The van der Waals surface area contributed by atoms with Gasteiger partial charge in [-0.15, -0.1) is 0 Å². The number of rotatable bonds is 4. The van der Waals surface area contributed by atoms with Crippen LogP contribution in [-0.2, 0) is 0 Å². The molecule has 3 heterocycles. The fraction of sp³-hybridized carbons (Fsp3) is 0.400. The molecule has 136 valence electrons. The number of hydrogen-bond acceptors (Lipinski definition) is 4. The smallest absolute Gasteiger partial charge is 0.272 e. The standard InChI is InChI=1S/C20H24N4O2/c1-13-16-7-3-4-8-18(16)26-19(13)14(2)22-20(25)17-9-11-24(23-17)15-6-5-10-21-12-15/h3-4,7-9,11,14-15,21H,5-6,10,12H2,1-2H3,(H,22,25). The van der Waals surface area contributed by atoms with Crippen LogP contribution >= 0.6 is 0 Å². The van der Waals surface area contributed by atoms with Crippen molar-refractivity contribution in [2.24, 2.45) is 0 Å². The van der Waals surface area contributed by atoms with Gasteiger partial charge in [-0.05, 0) is 45.4 Å². The monoisotopic (exact) mass is 352 g/mol. The van der Waals surface area contributed by atoms with Crippen molar-refractivity contribution in [2.75, 3.05) is 13.1 Å². The number of carbonyl (C=O) groups excluding carboxylic acids is 1. The highest BCUT2D eigenvalue weighted by molar-refractivity contribution is 5.92. The van der Waals surface area contributed by atoms with E-state index in [1.54, 1.807) is 6.07 Å².